The monoisotopic (exact) mass is 361 g/mol. The minimum Gasteiger partial charge on any atom is -0.482 e. The van der Waals surface area contributed by atoms with Crippen LogP contribution in [0.1, 0.15) is 15.5 Å². The first-order valence-corrected chi connectivity index (χ1v) is 8.39. The first kappa shape index (κ1) is 16.9. The van der Waals surface area contributed by atoms with Crippen LogP contribution in [0, 0.1) is 0 Å². The lowest BCUT2D eigenvalue weighted by atomic mass is 10.2. The van der Waals surface area contributed by atoms with E-state index in [-0.39, 0.29) is 30.7 Å². The molecule has 1 aromatic carbocycles. The fraction of sp³-hybridized carbons (Fsp3) is 0.250. The van der Waals surface area contributed by atoms with Crippen molar-refractivity contribution in [3.05, 3.63) is 40.3 Å². The third-order valence-electron chi connectivity index (χ3n) is 3.54. The van der Waals surface area contributed by atoms with Crippen molar-refractivity contribution in [2.75, 3.05) is 24.6 Å². The fourth-order valence-electron chi connectivity index (χ4n) is 2.36. The number of fused-ring (bicyclic) bond motifs is 1. The second-order valence-electron chi connectivity index (χ2n) is 5.27. The summed E-state index contributed by atoms with van der Waals surface area (Å²) in [5.41, 5.74) is 0.571. The van der Waals surface area contributed by atoms with E-state index >= 15 is 0 Å². The highest BCUT2D eigenvalue weighted by atomic mass is 32.1. The van der Waals surface area contributed by atoms with Gasteiger partial charge in [0.05, 0.1) is 10.7 Å². The van der Waals surface area contributed by atoms with Gasteiger partial charge in [-0.25, -0.2) is 9.78 Å². The number of amides is 2. The quantitative estimate of drug-likeness (QED) is 0.792. The highest BCUT2D eigenvalue weighted by Gasteiger charge is 2.26. The van der Waals surface area contributed by atoms with Gasteiger partial charge in [0.25, 0.3) is 5.91 Å². The summed E-state index contributed by atoms with van der Waals surface area (Å²) in [7, 11) is 0. The standard InChI is InChI=1S/C16H15N3O5S/c20-13(17-6-5-14-18-10(9-25-14)16(22)23)7-19-11-3-1-2-4-12(11)24-8-15(19)21/h1-4,9H,5-8H2,(H,17,20)(H,22,23). The zero-order valence-corrected chi connectivity index (χ0v) is 13.9. The van der Waals surface area contributed by atoms with Crippen molar-refractivity contribution < 1.29 is 24.2 Å². The molecule has 2 heterocycles. The largest absolute Gasteiger partial charge is 0.482 e. The van der Waals surface area contributed by atoms with Gasteiger partial charge in [-0.3, -0.25) is 14.5 Å². The third kappa shape index (κ3) is 3.94. The molecule has 0 saturated carbocycles. The molecule has 130 valence electrons. The maximum Gasteiger partial charge on any atom is 0.355 e. The second kappa shape index (κ2) is 7.31. The van der Waals surface area contributed by atoms with Crippen LogP contribution in [0.15, 0.2) is 29.6 Å². The van der Waals surface area contributed by atoms with Gasteiger partial charge in [0.2, 0.25) is 5.91 Å². The van der Waals surface area contributed by atoms with E-state index in [0.29, 0.717) is 29.4 Å². The van der Waals surface area contributed by atoms with Crippen molar-refractivity contribution in [3.8, 4) is 5.75 Å². The Labute approximate surface area is 147 Å². The zero-order valence-electron chi connectivity index (χ0n) is 13.1. The van der Waals surface area contributed by atoms with Gasteiger partial charge in [0.1, 0.15) is 12.3 Å². The highest BCUT2D eigenvalue weighted by molar-refractivity contribution is 7.09. The van der Waals surface area contributed by atoms with E-state index < -0.39 is 5.97 Å². The molecular formula is C16H15N3O5S. The van der Waals surface area contributed by atoms with Crippen molar-refractivity contribution >= 4 is 34.8 Å². The lowest BCUT2D eigenvalue weighted by molar-refractivity contribution is -0.125. The Morgan fingerprint density at radius 1 is 1.36 bits per heavy atom. The lowest BCUT2D eigenvalue weighted by Gasteiger charge is -2.28. The van der Waals surface area contributed by atoms with E-state index in [1.165, 1.54) is 21.6 Å². The Bertz CT molecular complexity index is 820. The molecular weight excluding hydrogens is 346 g/mol. The molecule has 0 unspecified atom stereocenters. The van der Waals surface area contributed by atoms with Crippen LogP contribution in [0.5, 0.6) is 5.75 Å². The predicted octanol–water partition coefficient (Wildman–Crippen LogP) is 0.926. The van der Waals surface area contributed by atoms with Crippen LogP contribution < -0.4 is 15.0 Å². The van der Waals surface area contributed by atoms with E-state index in [4.69, 9.17) is 9.84 Å². The Hall–Kier alpha value is -2.94. The number of nitrogens with zero attached hydrogens (tertiary/aromatic N) is 2. The van der Waals surface area contributed by atoms with Crippen molar-refractivity contribution in [3.63, 3.8) is 0 Å². The van der Waals surface area contributed by atoms with Gasteiger partial charge in [-0.05, 0) is 12.1 Å². The van der Waals surface area contributed by atoms with Crippen LogP contribution >= 0.6 is 11.3 Å². The van der Waals surface area contributed by atoms with E-state index in [0.717, 1.165) is 0 Å². The number of hydrogen-bond donors (Lipinski definition) is 2. The average molecular weight is 361 g/mol. The predicted molar refractivity (Wildman–Crippen MR) is 90.1 cm³/mol. The number of hydrogen-bond acceptors (Lipinski definition) is 6. The minimum absolute atomic E-state index is 0.00171. The first-order valence-electron chi connectivity index (χ1n) is 7.51. The molecule has 2 aromatic rings. The molecule has 0 atom stereocenters. The van der Waals surface area contributed by atoms with Gasteiger partial charge in [-0.1, -0.05) is 12.1 Å². The Morgan fingerprint density at radius 3 is 2.92 bits per heavy atom. The molecule has 1 aliphatic rings. The molecule has 3 rings (SSSR count). The van der Waals surface area contributed by atoms with Crippen LogP contribution in [0.4, 0.5) is 5.69 Å². The van der Waals surface area contributed by atoms with Gasteiger partial charge in [-0.15, -0.1) is 11.3 Å². The van der Waals surface area contributed by atoms with Crippen LogP contribution in [0.2, 0.25) is 0 Å². The second-order valence-corrected chi connectivity index (χ2v) is 6.21. The van der Waals surface area contributed by atoms with E-state index in [9.17, 15) is 14.4 Å². The smallest absolute Gasteiger partial charge is 0.355 e. The molecule has 9 heteroatoms. The number of thiazole rings is 1. The van der Waals surface area contributed by atoms with E-state index in [2.05, 4.69) is 10.3 Å². The number of carboxylic acids is 1. The Morgan fingerprint density at radius 2 is 2.16 bits per heavy atom. The van der Waals surface area contributed by atoms with Gasteiger partial charge in [-0.2, -0.15) is 0 Å². The first-order chi connectivity index (χ1) is 12.0. The number of carbonyl (C=O) groups is 3. The molecule has 0 fully saturated rings. The lowest BCUT2D eigenvalue weighted by Crippen LogP contribution is -2.45. The number of benzene rings is 1. The van der Waals surface area contributed by atoms with Crippen LogP contribution in [-0.4, -0.2) is 47.6 Å². The minimum atomic E-state index is -1.07. The normalized spacial score (nSPS) is 13.1. The van der Waals surface area contributed by atoms with Crippen molar-refractivity contribution in [1.82, 2.24) is 10.3 Å². The van der Waals surface area contributed by atoms with Gasteiger partial charge >= 0.3 is 5.97 Å². The molecule has 25 heavy (non-hydrogen) atoms. The number of aromatic carboxylic acids is 1. The van der Waals surface area contributed by atoms with Gasteiger partial charge in [0, 0.05) is 18.3 Å². The van der Waals surface area contributed by atoms with Gasteiger partial charge < -0.3 is 15.2 Å². The molecule has 2 N–H and O–H groups in total. The number of anilines is 1. The number of aromatic nitrogens is 1. The maximum absolute atomic E-state index is 12.1. The van der Waals surface area contributed by atoms with Crippen molar-refractivity contribution in [1.29, 1.82) is 0 Å². The van der Waals surface area contributed by atoms with Gasteiger partial charge in [0.15, 0.2) is 12.3 Å². The van der Waals surface area contributed by atoms with Crippen LogP contribution in [0.25, 0.3) is 0 Å². The molecule has 0 aliphatic carbocycles. The topological polar surface area (TPSA) is 109 Å². The third-order valence-corrected chi connectivity index (χ3v) is 4.45. The number of para-hydroxylation sites is 2. The Kier molecular flexibility index (Phi) is 4.94. The molecule has 1 aliphatic heterocycles. The molecule has 2 amide bonds. The van der Waals surface area contributed by atoms with E-state index in [1.54, 1.807) is 24.3 Å². The molecule has 0 bridgehead atoms. The summed E-state index contributed by atoms with van der Waals surface area (Å²) >= 11 is 1.23. The summed E-state index contributed by atoms with van der Waals surface area (Å²) in [4.78, 5) is 40.2. The number of nitrogens with one attached hydrogen (secondary N) is 1. The zero-order chi connectivity index (χ0) is 17.8. The molecule has 0 spiro atoms. The van der Waals surface area contributed by atoms with Crippen molar-refractivity contribution in [2.45, 2.75) is 6.42 Å². The summed E-state index contributed by atoms with van der Waals surface area (Å²) in [6.45, 7) is 0.115. The number of rotatable bonds is 6. The Balaban J connectivity index is 1.54. The summed E-state index contributed by atoms with van der Waals surface area (Å²) in [5.74, 6) is -1.09. The van der Waals surface area contributed by atoms with Crippen LogP contribution in [0.3, 0.4) is 0 Å². The summed E-state index contributed by atoms with van der Waals surface area (Å²) in [6, 6.07) is 7.04. The summed E-state index contributed by atoms with van der Waals surface area (Å²) in [6.07, 6.45) is 0.428. The molecule has 0 saturated heterocycles. The number of ether oxygens (including phenoxy) is 1. The SMILES string of the molecule is O=C(CN1C(=O)COc2ccccc21)NCCc1nc(C(=O)O)cs1. The molecule has 8 nitrogen and oxygen atoms in total. The number of carbonyl (C=O) groups excluding carboxylic acids is 2. The maximum atomic E-state index is 12.1. The average Bonchev–Trinajstić information content (AvgIpc) is 3.07. The van der Waals surface area contributed by atoms with Crippen molar-refractivity contribution in [2.24, 2.45) is 0 Å². The molecule has 0 radical (unpaired) electrons. The highest BCUT2D eigenvalue weighted by Crippen LogP contribution is 2.31. The van der Waals surface area contributed by atoms with E-state index in [1.807, 2.05) is 0 Å². The summed E-state index contributed by atoms with van der Waals surface area (Å²) < 4.78 is 5.33. The number of carboxylic acid groups (broad SMARTS) is 1. The summed E-state index contributed by atoms with van der Waals surface area (Å²) in [5, 5.41) is 13.6. The van der Waals surface area contributed by atoms with Crippen LogP contribution in [-0.2, 0) is 16.0 Å². The molecule has 1 aromatic heterocycles. The fourth-order valence-corrected chi connectivity index (χ4v) is 3.13.